The fourth-order valence-electron chi connectivity index (χ4n) is 0.642. The zero-order valence-corrected chi connectivity index (χ0v) is 8.45. The molecule has 1 atom stereocenters. The van der Waals surface area contributed by atoms with Gasteiger partial charge in [0.15, 0.2) is 0 Å². The van der Waals surface area contributed by atoms with Crippen molar-refractivity contribution in [2.45, 2.75) is 13.8 Å². The van der Waals surface area contributed by atoms with E-state index >= 15 is 0 Å². The van der Waals surface area contributed by atoms with Crippen molar-refractivity contribution in [3.05, 3.63) is 24.3 Å². The maximum absolute atomic E-state index is 4.98. The minimum atomic E-state index is 0.905. The number of hydrogen-bond acceptors (Lipinski definition) is 1. The maximum atomic E-state index is 4.98. The second-order valence-corrected chi connectivity index (χ2v) is 2.44. The molecule has 2 heteroatoms. The van der Waals surface area contributed by atoms with Crippen LogP contribution in [0.25, 0.3) is 0 Å². The lowest BCUT2D eigenvalue weighted by Gasteiger charge is -1.97. The molecule has 0 saturated heterocycles. The zero-order chi connectivity index (χ0) is 8.69. The third-order valence-electron chi connectivity index (χ3n) is 1.09. The van der Waals surface area contributed by atoms with Crippen molar-refractivity contribution in [2.24, 2.45) is 0 Å². The summed E-state index contributed by atoms with van der Waals surface area (Å²) < 4.78 is 4.98. The molecule has 1 rings (SSSR count). The van der Waals surface area contributed by atoms with Gasteiger partial charge in [-0.05, 0) is 17.4 Å². The molecule has 0 aliphatic rings. The average molecular weight is 170 g/mol. The lowest BCUT2D eigenvalue weighted by atomic mass is 10.3. The second-order valence-electron chi connectivity index (χ2n) is 1.78. The van der Waals surface area contributed by atoms with Crippen LogP contribution in [0.15, 0.2) is 24.3 Å². The molecular weight excluding hydrogens is 155 g/mol. The van der Waals surface area contributed by atoms with Gasteiger partial charge in [0.1, 0.15) is 5.75 Å². The molecule has 0 aliphatic heterocycles. The molecule has 0 fully saturated rings. The van der Waals surface area contributed by atoms with Crippen LogP contribution in [-0.4, -0.2) is 7.11 Å². The van der Waals surface area contributed by atoms with Crippen LogP contribution >= 0.6 is 9.24 Å². The number of ether oxygens (including phenoxy) is 1. The lowest BCUT2D eigenvalue weighted by molar-refractivity contribution is 0.415. The fourth-order valence-corrected chi connectivity index (χ4v) is 0.917. The Labute approximate surface area is 71.0 Å². The average Bonchev–Trinajstić information content (AvgIpc) is 2.08. The van der Waals surface area contributed by atoms with Crippen LogP contribution < -0.4 is 10.0 Å². The molecule has 0 aromatic heterocycles. The summed E-state index contributed by atoms with van der Waals surface area (Å²) in [4.78, 5) is 0. The summed E-state index contributed by atoms with van der Waals surface area (Å²) in [6.45, 7) is 4.00. The molecule has 0 amide bonds. The first-order chi connectivity index (χ1) is 5.33. The molecule has 0 bridgehead atoms. The van der Waals surface area contributed by atoms with Gasteiger partial charge in [0.2, 0.25) is 0 Å². The maximum Gasteiger partial charge on any atom is 0.119 e. The van der Waals surface area contributed by atoms with Crippen LogP contribution in [-0.2, 0) is 0 Å². The molecular formula is C9H15OP. The Morgan fingerprint density at radius 3 is 2.27 bits per heavy atom. The van der Waals surface area contributed by atoms with Crippen LogP contribution in [0.5, 0.6) is 5.75 Å². The summed E-state index contributed by atoms with van der Waals surface area (Å²) in [5, 5.41) is 1.15. The Hall–Kier alpha value is -0.550. The smallest absolute Gasteiger partial charge is 0.119 e. The topological polar surface area (TPSA) is 9.23 Å². The van der Waals surface area contributed by atoms with Crippen molar-refractivity contribution in [1.82, 2.24) is 0 Å². The summed E-state index contributed by atoms with van der Waals surface area (Å²) >= 11 is 0. The first-order valence-corrected chi connectivity index (χ1v) is 4.30. The molecule has 0 N–H and O–H groups in total. The highest BCUT2D eigenvalue weighted by Crippen LogP contribution is 2.06. The van der Waals surface area contributed by atoms with E-state index in [1.54, 1.807) is 7.11 Å². The van der Waals surface area contributed by atoms with E-state index in [0.717, 1.165) is 11.1 Å². The molecule has 1 aromatic carbocycles. The molecule has 0 aliphatic carbocycles. The number of rotatable bonds is 1. The zero-order valence-electron chi connectivity index (χ0n) is 7.29. The molecule has 11 heavy (non-hydrogen) atoms. The first kappa shape index (κ1) is 10.4. The number of methoxy groups -OCH3 is 1. The molecule has 0 heterocycles. The Morgan fingerprint density at radius 2 is 1.91 bits per heavy atom. The van der Waals surface area contributed by atoms with Crippen molar-refractivity contribution >= 4 is 14.5 Å². The second kappa shape index (κ2) is 6.18. The highest BCUT2D eigenvalue weighted by atomic mass is 31.0. The molecule has 0 radical (unpaired) electrons. The minimum Gasteiger partial charge on any atom is -0.497 e. The Kier molecular flexibility index (Phi) is 5.87. The highest BCUT2D eigenvalue weighted by Gasteiger charge is 1.86. The monoisotopic (exact) mass is 170 g/mol. The van der Waals surface area contributed by atoms with Gasteiger partial charge in [-0.1, -0.05) is 26.0 Å². The molecule has 62 valence electrons. The van der Waals surface area contributed by atoms with E-state index in [1.807, 2.05) is 38.1 Å². The molecule has 1 aromatic rings. The van der Waals surface area contributed by atoms with Gasteiger partial charge in [-0.25, -0.2) is 0 Å². The van der Waals surface area contributed by atoms with Gasteiger partial charge in [0.05, 0.1) is 7.11 Å². The van der Waals surface area contributed by atoms with E-state index in [2.05, 4.69) is 9.24 Å². The van der Waals surface area contributed by atoms with Crippen molar-refractivity contribution in [2.75, 3.05) is 7.11 Å². The molecule has 1 nitrogen and oxygen atoms in total. The van der Waals surface area contributed by atoms with Gasteiger partial charge in [-0.3, -0.25) is 0 Å². The summed E-state index contributed by atoms with van der Waals surface area (Å²) in [5.41, 5.74) is 0. The van der Waals surface area contributed by atoms with Gasteiger partial charge in [-0.15, -0.1) is 9.24 Å². The number of hydrogen-bond donors (Lipinski definition) is 0. The quantitative estimate of drug-likeness (QED) is 0.587. The van der Waals surface area contributed by atoms with Crippen LogP contribution in [0.1, 0.15) is 13.8 Å². The first-order valence-electron chi connectivity index (χ1n) is 3.72. The van der Waals surface area contributed by atoms with E-state index in [4.69, 9.17) is 4.74 Å². The summed E-state index contributed by atoms with van der Waals surface area (Å²) in [7, 11) is 4.28. The third kappa shape index (κ3) is 4.00. The predicted octanol–water partition coefficient (Wildman–Crippen LogP) is 2.22. The predicted molar refractivity (Wildman–Crippen MR) is 53.7 cm³/mol. The summed E-state index contributed by atoms with van der Waals surface area (Å²) in [6.07, 6.45) is 0. The lowest BCUT2D eigenvalue weighted by Crippen LogP contribution is -1.90. The van der Waals surface area contributed by atoms with E-state index < -0.39 is 0 Å². The van der Waals surface area contributed by atoms with E-state index in [9.17, 15) is 0 Å². The van der Waals surface area contributed by atoms with Gasteiger partial charge in [0, 0.05) is 0 Å². The highest BCUT2D eigenvalue weighted by molar-refractivity contribution is 7.27. The molecule has 1 unspecified atom stereocenters. The van der Waals surface area contributed by atoms with Gasteiger partial charge in [0.25, 0.3) is 0 Å². The third-order valence-corrected chi connectivity index (χ3v) is 1.45. The fraction of sp³-hybridized carbons (Fsp3) is 0.333. The SMILES string of the molecule is CC.COc1cccc(P)c1. The van der Waals surface area contributed by atoms with Crippen LogP contribution in [0.2, 0.25) is 0 Å². The standard InChI is InChI=1S/C7H9OP.C2H6/c1-8-6-3-2-4-7(9)5-6;1-2/h2-5H,9H2,1H3;1-2H3. The number of benzene rings is 1. The Morgan fingerprint density at radius 1 is 1.27 bits per heavy atom. The van der Waals surface area contributed by atoms with E-state index in [1.165, 1.54) is 0 Å². The Bertz CT molecular complexity index is 199. The van der Waals surface area contributed by atoms with Crippen LogP contribution in [0.3, 0.4) is 0 Å². The van der Waals surface area contributed by atoms with Crippen molar-refractivity contribution in [3.63, 3.8) is 0 Å². The van der Waals surface area contributed by atoms with Gasteiger partial charge >= 0.3 is 0 Å². The minimum absolute atomic E-state index is 0.905. The largest absolute Gasteiger partial charge is 0.497 e. The molecule has 0 spiro atoms. The van der Waals surface area contributed by atoms with Crippen molar-refractivity contribution < 1.29 is 4.74 Å². The Balaban J connectivity index is 0.000000461. The summed E-state index contributed by atoms with van der Waals surface area (Å²) in [5.74, 6) is 0.905. The van der Waals surface area contributed by atoms with Gasteiger partial charge < -0.3 is 4.74 Å². The summed E-state index contributed by atoms with van der Waals surface area (Å²) in [6, 6.07) is 7.85. The molecule has 0 saturated carbocycles. The van der Waals surface area contributed by atoms with Crippen LogP contribution in [0, 0.1) is 0 Å². The van der Waals surface area contributed by atoms with Crippen LogP contribution in [0.4, 0.5) is 0 Å². The van der Waals surface area contributed by atoms with E-state index in [0.29, 0.717) is 0 Å². The normalized spacial score (nSPS) is 8.00. The van der Waals surface area contributed by atoms with Crippen molar-refractivity contribution in [1.29, 1.82) is 0 Å². The van der Waals surface area contributed by atoms with Gasteiger partial charge in [-0.2, -0.15) is 0 Å². The van der Waals surface area contributed by atoms with Crippen molar-refractivity contribution in [3.8, 4) is 5.75 Å². The van der Waals surface area contributed by atoms with E-state index in [-0.39, 0.29) is 0 Å².